The lowest BCUT2D eigenvalue weighted by atomic mass is 9.99. The summed E-state index contributed by atoms with van der Waals surface area (Å²) in [5.41, 5.74) is 2.34. The van der Waals surface area contributed by atoms with Crippen LogP contribution in [0.25, 0.3) is 0 Å². The number of benzene rings is 1. The zero-order valence-electron chi connectivity index (χ0n) is 17.1. The van der Waals surface area contributed by atoms with Crippen LogP contribution in [-0.4, -0.2) is 55.8 Å². The number of fused-ring (bicyclic) bond motifs is 1. The molecular weight excluding hydrogens is 368 g/mol. The van der Waals surface area contributed by atoms with E-state index < -0.39 is 0 Å². The molecule has 0 unspecified atom stereocenters. The van der Waals surface area contributed by atoms with E-state index in [1.54, 1.807) is 14.2 Å². The summed E-state index contributed by atoms with van der Waals surface area (Å²) in [6.45, 7) is 3.11. The molecule has 0 atom stereocenters. The van der Waals surface area contributed by atoms with Crippen LogP contribution < -0.4 is 19.7 Å². The molecular formula is C22H28N4O3. The molecule has 7 heteroatoms. The van der Waals surface area contributed by atoms with Crippen LogP contribution in [-0.2, 0) is 13.0 Å². The zero-order chi connectivity index (χ0) is 20.2. The van der Waals surface area contributed by atoms with Gasteiger partial charge in [-0.1, -0.05) is 6.07 Å². The average molecular weight is 396 g/mol. The number of ether oxygens (including phenoxy) is 2. The third-order valence-corrected chi connectivity index (χ3v) is 5.80. The van der Waals surface area contributed by atoms with Crippen molar-refractivity contribution in [2.45, 2.75) is 31.8 Å². The van der Waals surface area contributed by atoms with E-state index in [0.29, 0.717) is 18.8 Å². The molecule has 0 spiro atoms. The van der Waals surface area contributed by atoms with Crippen molar-refractivity contribution in [1.82, 2.24) is 15.2 Å². The highest BCUT2D eigenvalue weighted by Crippen LogP contribution is 2.33. The third-order valence-electron chi connectivity index (χ3n) is 5.80. The van der Waals surface area contributed by atoms with E-state index in [9.17, 15) is 4.79 Å². The maximum absolute atomic E-state index is 12.8. The van der Waals surface area contributed by atoms with Crippen LogP contribution in [0.3, 0.4) is 0 Å². The first-order valence-corrected chi connectivity index (χ1v) is 10.1. The number of urea groups is 1. The van der Waals surface area contributed by atoms with Crippen molar-refractivity contribution in [1.29, 1.82) is 0 Å². The minimum absolute atomic E-state index is 0.0155. The number of rotatable bonds is 4. The Hall–Kier alpha value is -2.96. The summed E-state index contributed by atoms with van der Waals surface area (Å²) in [6, 6.07) is 10.2. The van der Waals surface area contributed by atoms with Crippen LogP contribution >= 0.6 is 0 Å². The molecule has 7 nitrogen and oxygen atoms in total. The van der Waals surface area contributed by atoms with Crippen molar-refractivity contribution in [2.75, 3.05) is 38.8 Å². The van der Waals surface area contributed by atoms with Gasteiger partial charge in [0.15, 0.2) is 11.5 Å². The van der Waals surface area contributed by atoms with Crippen molar-refractivity contribution in [3.8, 4) is 11.5 Å². The van der Waals surface area contributed by atoms with Crippen LogP contribution in [0.1, 0.15) is 24.0 Å². The zero-order valence-corrected chi connectivity index (χ0v) is 17.1. The molecule has 2 aliphatic heterocycles. The summed E-state index contributed by atoms with van der Waals surface area (Å²) < 4.78 is 10.8. The fraction of sp³-hybridized carbons (Fsp3) is 0.455. The number of nitrogens with one attached hydrogen (secondary N) is 1. The predicted octanol–water partition coefficient (Wildman–Crippen LogP) is 2.84. The molecule has 2 aromatic rings. The van der Waals surface area contributed by atoms with Crippen molar-refractivity contribution < 1.29 is 14.3 Å². The lowest BCUT2D eigenvalue weighted by Gasteiger charge is -2.35. The number of carbonyl (C=O) groups is 1. The van der Waals surface area contributed by atoms with Crippen molar-refractivity contribution >= 4 is 11.8 Å². The standard InChI is InChI=1S/C22H28N4O3/c1-28-19-13-16-6-10-26(15-17(16)14-20(19)29-2)22(27)24-18-7-11-25(12-8-18)21-5-3-4-9-23-21/h3-5,9,13-14,18H,6-8,10-12,15H2,1-2H3,(H,24,27). The summed E-state index contributed by atoms with van der Waals surface area (Å²) in [6.07, 6.45) is 4.50. The van der Waals surface area contributed by atoms with E-state index in [1.807, 2.05) is 41.4 Å². The lowest BCUT2D eigenvalue weighted by molar-refractivity contribution is 0.186. The molecule has 1 fully saturated rings. The smallest absolute Gasteiger partial charge is 0.317 e. The Labute approximate surface area is 171 Å². The predicted molar refractivity (Wildman–Crippen MR) is 112 cm³/mol. The van der Waals surface area contributed by atoms with E-state index in [4.69, 9.17) is 9.47 Å². The number of anilines is 1. The number of pyridine rings is 1. The van der Waals surface area contributed by atoms with Gasteiger partial charge in [0.2, 0.25) is 0 Å². The first kappa shape index (κ1) is 19.4. The lowest BCUT2D eigenvalue weighted by Crippen LogP contribution is -2.50. The number of methoxy groups -OCH3 is 2. The molecule has 1 aromatic carbocycles. The quantitative estimate of drug-likeness (QED) is 0.861. The number of nitrogens with zero attached hydrogens (tertiary/aromatic N) is 3. The van der Waals surface area contributed by atoms with Gasteiger partial charge in [0.05, 0.1) is 14.2 Å². The van der Waals surface area contributed by atoms with Crippen LogP contribution in [0.4, 0.5) is 10.6 Å². The summed E-state index contributed by atoms with van der Waals surface area (Å²) in [5.74, 6) is 2.45. The molecule has 154 valence electrons. The molecule has 1 N–H and O–H groups in total. The molecule has 0 aliphatic carbocycles. The van der Waals surface area contributed by atoms with Crippen molar-refractivity contribution in [2.24, 2.45) is 0 Å². The Bertz CT molecular complexity index is 851. The van der Waals surface area contributed by atoms with Crippen LogP contribution in [0.2, 0.25) is 0 Å². The Balaban J connectivity index is 1.33. The third kappa shape index (κ3) is 4.23. The number of piperidine rings is 1. The summed E-state index contributed by atoms with van der Waals surface area (Å²) >= 11 is 0. The Kier molecular flexibility index (Phi) is 5.74. The minimum atomic E-state index is 0.0155. The monoisotopic (exact) mass is 396 g/mol. The fourth-order valence-corrected chi connectivity index (χ4v) is 4.12. The van der Waals surface area contributed by atoms with Crippen molar-refractivity contribution in [3.05, 3.63) is 47.7 Å². The topological polar surface area (TPSA) is 66.9 Å². The van der Waals surface area contributed by atoms with Gasteiger partial charge < -0.3 is 24.6 Å². The van der Waals surface area contributed by atoms with E-state index >= 15 is 0 Å². The van der Waals surface area contributed by atoms with E-state index in [2.05, 4.69) is 15.2 Å². The summed E-state index contributed by atoms with van der Waals surface area (Å²) in [5, 5.41) is 3.23. The van der Waals surface area contributed by atoms with Gasteiger partial charge in [-0.25, -0.2) is 9.78 Å². The van der Waals surface area contributed by atoms with Gasteiger partial charge >= 0.3 is 6.03 Å². The first-order valence-electron chi connectivity index (χ1n) is 10.1. The highest BCUT2D eigenvalue weighted by atomic mass is 16.5. The van der Waals surface area contributed by atoms with E-state index in [0.717, 1.165) is 49.5 Å². The molecule has 0 saturated carbocycles. The average Bonchev–Trinajstić information content (AvgIpc) is 2.78. The normalized spacial score (nSPS) is 16.9. The van der Waals surface area contributed by atoms with Gasteiger partial charge in [0.1, 0.15) is 5.82 Å². The molecule has 2 aliphatic rings. The van der Waals surface area contributed by atoms with E-state index in [-0.39, 0.29) is 12.1 Å². The summed E-state index contributed by atoms with van der Waals surface area (Å²) in [4.78, 5) is 21.4. The largest absolute Gasteiger partial charge is 0.493 e. The second-order valence-corrected chi connectivity index (χ2v) is 7.55. The van der Waals surface area contributed by atoms with Gasteiger partial charge in [0.25, 0.3) is 0 Å². The van der Waals surface area contributed by atoms with Crippen LogP contribution in [0.15, 0.2) is 36.5 Å². The SMILES string of the molecule is COc1cc2c(cc1OC)CN(C(=O)NC1CCN(c3ccccn3)CC1)CC2. The number of carbonyl (C=O) groups excluding carboxylic acids is 1. The second-order valence-electron chi connectivity index (χ2n) is 7.55. The number of hydrogen-bond donors (Lipinski definition) is 1. The Morgan fingerprint density at radius 2 is 1.79 bits per heavy atom. The van der Waals surface area contributed by atoms with Gasteiger partial charge in [-0.15, -0.1) is 0 Å². The highest BCUT2D eigenvalue weighted by molar-refractivity contribution is 5.75. The van der Waals surface area contributed by atoms with Gasteiger partial charge in [-0.3, -0.25) is 0 Å². The maximum Gasteiger partial charge on any atom is 0.317 e. The molecule has 1 aromatic heterocycles. The maximum atomic E-state index is 12.8. The summed E-state index contributed by atoms with van der Waals surface area (Å²) in [7, 11) is 3.28. The molecule has 3 heterocycles. The molecule has 2 amide bonds. The Morgan fingerprint density at radius 1 is 1.07 bits per heavy atom. The first-order chi connectivity index (χ1) is 14.2. The molecule has 0 radical (unpaired) electrons. The minimum Gasteiger partial charge on any atom is -0.493 e. The Morgan fingerprint density at radius 3 is 2.45 bits per heavy atom. The van der Waals surface area contributed by atoms with Crippen LogP contribution in [0, 0.1) is 0 Å². The fourth-order valence-electron chi connectivity index (χ4n) is 4.12. The second kappa shape index (κ2) is 8.59. The molecule has 0 bridgehead atoms. The molecule has 1 saturated heterocycles. The van der Waals surface area contributed by atoms with E-state index in [1.165, 1.54) is 5.56 Å². The van der Waals surface area contributed by atoms with Crippen molar-refractivity contribution in [3.63, 3.8) is 0 Å². The highest BCUT2D eigenvalue weighted by Gasteiger charge is 2.26. The molecule has 29 heavy (non-hydrogen) atoms. The number of aromatic nitrogens is 1. The number of hydrogen-bond acceptors (Lipinski definition) is 5. The van der Waals surface area contributed by atoms with Gasteiger partial charge in [-0.2, -0.15) is 0 Å². The van der Waals surface area contributed by atoms with Gasteiger partial charge in [0, 0.05) is 38.4 Å². The van der Waals surface area contributed by atoms with Gasteiger partial charge in [-0.05, 0) is 54.7 Å². The van der Waals surface area contributed by atoms with Crippen LogP contribution in [0.5, 0.6) is 11.5 Å². The number of amides is 2. The molecule has 4 rings (SSSR count).